The van der Waals surface area contributed by atoms with E-state index < -0.39 is 0 Å². The maximum Gasteiger partial charge on any atom is 0.216 e. The van der Waals surface area contributed by atoms with Gasteiger partial charge in [0.05, 0.1) is 0 Å². The normalized spacial score (nSPS) is 18.3. The molecule has 1 unspecified atom stereocenters. The molecular formula is C15H26ClN3OS. The van der Waals surface area contributed by atoms with Crippen molar-refractivity contribution in [2.75, 3.05) is 32.7 Å². The number of carbonyl (C=O) groups excluding carboxylic acids is 1. The highest BCUT2D eigenvalue weighted by Crippen LogP contribution is 2.15. The number of nitrogens with one attached hydrogen (secondary N) is 2. The molecule has 1 aliphatic heterocycles. The summed E-state index contributed by atoms with van der Waals surface area (Å²) in [6, 6.07) is 2.19. The summed E-state index contributed by atoms with van der Waals surface area (Å²) in [7, 11) is 0. The van der Waals surface area contributed by atoms with Crippen molar-refractivity contribution in [3.8, 4) is 0 Å². The predicted molar refractivity (Wildman–Crippen MR) is 91.1 cm³/mol. The molecule has 1 fully saturated rings. The van der Waals surface area contributed by atoms with Gasteiger partial charge < -0.3 is 10.6 Å². The Bertz CT molecular complexity index is 394. The summed E-state index contributed by atoms with van der Waals surface area (Å²) in [6.45, 7) is 7.62. The molecule has 1 atom stereocenters. The summed E-state index contributed by atoms with van der Waals surface area (Å²) in [5.41, 5.74) is 1.38. The molecule has 0 aromatic carbocycles. The molecule has 6 heteroatoms. The van der Waals surface area contributed by atoms with Crippen LogP contribution in [-0.4, -0.2) is 43.5 Å². The van der Waals surface area contributed by atoms with Crippen molar-refractivity contribution in [3.05, 3.63) is 22.4 Å². The molecule has 0 saturated carbocycles. The van der Waals surface area contributed by atoms with Crippen LogP contribution in [-0.2, 0) is 11.3 Å². The van der Waals surface area contributed by atoms with Gasteiger partial charge in [0.15, 0.2) is 0 Å². The Morgan fingerprint density at radius 1 is 1.57 bits per heavy atom. The van der Waals surface area contributed by atoms with Gasteiger partial charge in [0.1, 0.15) is 0 Å². The molecule has 21 heavy (non-hydrogen) atoms. The van der Waals surface area contributed by atoms with Crippen LogP contribution in [0, 0.1) is 5.92 Å². The van der Waals surface area contributed by atoms with Crippen LogP contribution in [0.15, 0.2) is 16.8 Å². The second-order valence-corrected chi connectivity index (χ2v) is 6.34. The fourth-order valence-electron chi connectivity index (χ4n) is 2.71. The second-order valence-electron chi connectivity index (χ2n) is 5.56. The monoisotopic (exact) mass is 331 g/mol. The van der Waals surface area contributed by atoms with Crippen molar-refractivity contribution in [2.24, 2.45) is 5.92 Å². The highest BCUT2D eigenvalue weighted by atomic mass is 35.5. The second kappa shape index (κ2) is 10.2. The number of nitrogens with zero attached hydrogens (tertiary/aromatic N) is 1. The molecule has 1 aliphatic rings. The van der Waals surface area contributed by atoms with Crippen LogP contribution >= 0.6 is 23.7 Å². The Kier molecular flexibility index (Phi) is 8.92. The minimum atomic E-state index is 0. The minimum Gasteiger partial charge on any atom is -0.355 e. The Morgan fingerprint density at radius 2 is 2.43 bits per heavy atom. The van der Waals surface area contributed by atoms with Crippen LogP contribution in [0.25, 0.3) is 0 Å². The van der Waals surface area contributed by atoms with E-state index in [1.54, 1.807) is 18.3 Å². The van der Waals surface area contributed by atoms with Crippen molar-refractivity contribution in [3.63, 3.8) is 0 Å². The van der Waals surface area contributed by atoms with Gasteiger partial charge in [0.25, 0.3) is 0 Å². The largest absolute Gasteiger partial charge is 0.355 e. The van der Waals surface area contributed by atoms with Crippen molar-refractivity contribution in [1.29, 1.82) is 0 Å². The summed E-state index contributed by atoms with van der Waals surface area (Å²) >= 11 is 1.75. The zero-order valence-electron chi connectivity index (χ0n) is 12.6. The van der Waals surface area contributed by atoms with E-state index >= 15 is 0 Å². The summed E-state index contributed by atoms with van der Waals surface area (Å²) < 4.78 is 0. The maximum atomic E-state index is 11.0. The third-order valence-electron chi connectivity index (χ3n) is 3.70. The third kappa shape index (κ3) is 7.27. The Morgan fingerprint density at radius 3 is 3.05 bits per heavy atom. The highest BCUT2D eigenvalue weighted by Gasteiger charge is 2.17. The lowest BCUT2D eigenvalue weighted by Gasteiger charge is -2.30. The molecule has 1 amide bonds. The lowest BCUT2D eigenvalue weighted by Crippen LogP contribution is -2.40. The fraction of sp³-hybridized carbons (Fsp3) is 0.667. The summed E-state index contributed by atoms with van der Waals surface area (Å²) in [6.07, 6.45) is 2.59. The van der Waals surface area contributed by atoms with Crippen LogP contribution in [0.3, 0.4) is 0 Å². The molecule has 0 aliphatic carbocycles. The minimum absolute atomic E-state index is 0. The maximum absolute atomic E-state index is 11.0. The molecule has 1 aromatic heterocycles. The Balaban J connectivity index is 0.00000220. The number of piperidine rings is 1. The van der Waals surface area contributed by atoms with Crippen LogP contribution < -0.4 is 10.6 Å². The Hall–Kier alpha value is -0.620. The highest BCUT2D eigenvalue weighted by molar-refractivity contribution is 7.07. The molecule has 0 spiro atoms. The smallest absolute Gasteiger partial charge is 0.216 e. The molecule has 120 valence electrons. The topological polar surface area (TPSA) is 44.4 Å². The van der Waals surface area contributed by atoms with E-state index in [4.69, 9.17) is 0 Å². The van der Waals surface area contributed by atoms with Gasteiger partial charge in [0.2, 0.25) is 5.91 Å². The number of carbonyl (C=O) groups is 1. The van der Waals surface area contributed by atoms with E-state index in [0.29, 0.717) is 0 Å². The molecule has 4 nitrogen and oxygen atoms in total. The van der Waals surface area contributed by atoms with E-state index in [2.05, 4.69) is 32.4 Å². The van der Waals surface area contributed by atoms with Gasteiger partial charge >= 0.3 is 0 Å². The van der Waals surface area contributed by atoms with Gasteiger partial charge in [-0.1, -0.05) is 0 Å². The Labute approximate surface area is 137 Å². The zero-order chi connectivity index (χ0) is 14.2. The molecule has 2 rings (SSSR count). The average molecular weight is 332 g/mol. The van der Waals surface area contributed by atoms with Gasteiger partial charge in [-0.2, -0.15) is 11.3 Å². The average Bonchev–Trinajstić information content (AvgIpc) is 2.92. The van der Waals surface area contributed by atoms with Gasteiger partial charge in [0, 0.05) is 33.1 Å². The first-order chi connectivity index (χ1) is 9.74. The quantitative estimate of drug-likeness (QED) is 0.804. The molecule has 0 radical (unpaired) electrons. The van der Waals surface area contributed by atoms with Crippen molar-refractivity contribution in [1.82, 2.24) is 15.5 Å². The summed E-state index contributed by atoms with van der Waals surface area (Å²) in [4.78, 5) is 13.5. The van der Waals surface area contributed by atoms with Gasteiger partial charge in [-0.15, -0.1) is 12.4 Å². The van der Waals surface area contributed by atoms with Crippen LogP contribution in [0.5, 0.6) is 0 Å². The first-order valence-electron chi connectivity index (χ1n) is 7.42. The lowest BCUT2D eigenvalue weighted by atomic mass is 9.99. The standard InChI is InChI=1S/C15H25N3OS.ClH/c1-13(19)17-6-7-18(11-15-4-8-20-12-15)10-14-3-2-5-16-9-14;/h4,8,12,14,16H,2-3,5-7,9-11H2,1H3,(H,17,19);1H. The number of rotatable bonds is 7. The van der Waals surface area contributed by atoms with Crippen molar-refractivity contribution in [2.45, 2.75) is 26.3 Å². The predicted octanol–water partition coefficient (Wildman–Crippen LogP) is 2.11. The molecule has 2 heterocycles. The number of hydrogen-bond acceptors (Lipinski definition) is 4. The van der Waals surface area contributed by atoms with Gasteiger partial charge in [-0.05, 0) is 54.2 Å². The molecule has 1 aromatic rings. The first kappa shape index (κ1) is 18.4. The van der Waals surface area contributed by atoms with Crippen molar-refractivity contribution >= 4 is 29.7 Å². The molecular weight excluding hydrogens is 306 g/mol. The molecule has 2 N–H and O–H groups in total. The SMILES string of the molecule is CC(=O)NCCN(Cc1ccsc1)CC1CCCNC1.Cl. The zero-order valence-corrected chi connectivity index (χ0v) is 14.3. The van der Waals surface area contributed by atoms with E-state index in [1.165, 1.54) is 18.4 Å². The van der Waals surface area contributed by atoms with E-state index in [9.17, 15) is 4.79 Å². The van der Waals surface area contributed by atoms with Crippen LogP contribution in [0.4, 0.5) is 0 Å². The summed E-state index contributed by atoms with van der Waals surface area (Å²) in [5.74, 6) is 0.791. The number of halogens is 1. The third-order valence-corrected chi connectivity index (χ3v) is 4.44. The van der Waals surface area contributed by atoms with Gasteiger partial charge in [-0.25, -0.2) is 0 Å². The fourth-order valence-corrected chi connectivity index (χ4v) is 3.37. The molecule has 0 bridgehead atoms. The van der Waals surface area contributed by atoms with E-state index in [0.717, 1.165) is 45.2 Å². The van der Waals surface area contributed by atoms with Gasteiger partial charge in [-0.3, -0.25) is 9.69 Å². The summed E-state index contributed by atoms with van der Waals surface area (Å²) in [5, 5.41) is 10.7. The molecule has 1 saturated heterocycles. The lowest BCUT2D eigenvalue weighted by molar-refractivity contribution is -0.119. The van der Waals surface area contributed by atoms with E-state index in [-0.39, 0.29) is 18.3 Å². The van der Waals surface area contributed by atoms with Crippen molar-refractivity contribution < 1.29 is 4.79 Å². The van der Waals surface area contributed by atoms with E-state index in [1.807, 2.05) is 0 Å². The number of hydrogen-bond donors (Lipinski definition) is 2. The number of thiophene rings is 1. The van der Waals surface area contributed by atoms with Crippen LogP contribution in [0.2, 0.25) is 0 Å². The van der Waals surface area contributed by atoms with Crippen LogP contribution in [0.1, 0.15) is 25.3 Å². The first-order valence-corrected chi connectivity index (χ1v) is 8.37. The number of amides is 1.